The van der Waals surface area contributed by atoms with Gasteiger partial charge >= 0.3 is 0 Å². The van der Waals surface area contributed by atoms with Gasteiger partial charge in [0.15, 0.2) is 0 Å². The summed E-state index contributed by atoms with van der Waals surface area (Å²) in [5.74, 6) is 0. The molecular weight excluding hydrogens is 296 g/mol. The molecule has 0 aliphatic carbocycles. The molecule has 0 saturated heterocycles. The summed E-state index contributed by atoms with van der Waals surface area (Å²) in [7, 11) is 1.96. The van der Waals surface area contributed by atoms with Gasteiger partial charge < -0.3 is 5.32 Å². The molecule has 0 aliphatic heterocycles. The van der Waals surface area contributed by atoms with Crippen LogP contribution in [0.3, 0.4) is 0 Å². The minimum Gasteiger partial charge on any atom is -0.309 e. The van der Waals surface area contributed by atoms with Crippen LogP contribution < -0.4 is 5.32 Å². The van der Waals surface area contributed by atoms with Crippen molar-refractivity contribution < 1.29 is 0 Å². The number of thiazole rings is 1. The summed E-state index contributed by atoms with van der Waals surface area (Å²) < 4.78 is 1.08. The molecule has 0 unspecified atom stereocenters. The van der Waals surface area contributed by atoms with Gasteiger partial charge in [-0.1, -0.05) is 28.1 Å². The van der Waals surface area contributed by atoms with Crippen LogP contribution >= 0.6 is 27.3 Å². The minimum atomic E-state index is -0.0745. The van der Waals surface area contributed by atoms with E-state index >= 15 is 0 Å². The number of halogens is 1. The van der Waals surface area contributed by atoms with Crippen molar-refractivity contribution in [1.82, 2.24) is 10.3 Å². The first-order valence-electron chi connectivity index (χ1n) is 5.44. The van der Waals surface area contributed by atoms with Crippen molar-refractivity contribution in [3.63, 3.8) is 0 Å². The fourth-order valence-corrected chi connectivity index (χ4v) is 2.81. The lowest BCUT2D eigenvalue weighted by Crippen LogP contribution is -2.32. The van der Waals surface area contributed by atoms with E-state index < -0.39 is 0 Å². The lowest BCUT2D eigenvalue weighted by molar-refractivity contribution is 0.442. The highest BCUT2D eigenvalue weighted by atomic mass is 79.9. The average molecular weight is 311 g/mol. The van der Waals surface area contributed by atoms with Crippen LogP contribution in [0, 0.1) is 0 Å². The third-order valence-electron chi connectivity index (χ3n) is 2.78. The first kappa shape index (κ1) is 12.7. The molecule has 0 atom stereocenters. The van der Waals surface area contributed by atoms with Crippen molar-refractivity contribution in [2.45, 2.75) is 19.4 Å². The second-order valence-electron chi connectivity index (χ2n) is 4.42. The molecule has 2 aromatic rings. The molecule has 2 rings (SSSR count). The van der Waals surface area contributed by atoms with Crippen molar-refractivity contribution in [3.05, 3.63) is 39.1 Å². The normalized spacial score (nSPS) is 11.8. The van der Waals surface area contributed by atoms with Crippen LogP contribution in [0.1, 0.15) is 18.9 Å². The summed E-state index contributed by atoms with van der Waals surface area (Å²) in [6.07, 6.45) is 0. The summed E-state index contributed by atoms with van der Waals surface area (Å²) in [4.78, 5) is 4.70. The molecule has 1 aromatic heterocycles. The van der Waals surface area contributed by atoms with Gasteiger partial charge in [-0.25, -0.2) is 4.98 Å². The van der Waals surface area contributed by atoms with Crippen LogP contribution in [-0.4, -0.2) is 12.0 Å². The highest BCUT2D eigenvalue weighted by Gasteiger charge is 2.21. The van der Waals surface area contributed by atoms with E-state index in [1.807, 2.05) is 19.2 Å². The summed E-state index contributed by atoms with van der Waals surface area (Å²) in [6, 6.07) is 8.22. The maximum Gasteiger partial charge on any atom is 0.113 e. The number of nitrogens with one attached hydrogen (secondary N) is 1. The van der Waals surface area contributed by atoms with Gasteiger partial charge in [0.25, 0.3) is 0 Å². The Morgan fingerprint density at radius 1 is 1.35 bits per heavy atom. The zero-order valence-corrected chi connectivity index (χ0v) is 12.5. The Morgan fingerprint density at radius 2 is 2.12 bits per heavy atom. The van der Waals surface area contributed by atoms with Crippen LogP contribution in [0.2, 0.25) is 0 Å². The zero-order valence-electron chi connectivity index (χ0n) is 10.1. The van der Waals surface area contributed by atoms with E-state index in [2.05, 4.69) is 52.6 Å². The lowest BCUT2D eigenvalue weighted by Gasteiger charge is -2.20. The minimum absolute atomic E-state index is 0.0745. The molecule has 0 saturated carbocycles. The van der Waals surface area contributed by atoms with E-state index in [-0.39, 0.29) is 5.54 Å². The maximum absolute atomic E-state index is 4.70. The Balaban J connectivity index is 2.36. The first-order valence-corrected chi connectivity index (χ1v) is 7.11. The second kappa shape index (κ2) is 4.88. The van der Waals surface area contributed by atoms with Crippen molar-refractivity contribution in [2.75, 3.05) is 7.05 Å². The molecule has 0 radical (unpaired) electrons. The summed E-state index contributed by atoms with van der Waals surface area (Å²) in [5, 5.41) is 6.49. The van der Waals surface area contributed by atoms with Crippen LogP contribution in [0.25, 0.3) is 11.3 Å². The Kier molecular flexibility index (Phi) is 3.66. The third-order valence-corrected chi connectivity index (χ3v) is 4.44. The van der Waals surface area contributed by atoms with Crippen LogP contribution in [0.15, 0.2) is 34.1 Å². The quantitative estimate of drug-likeness (QED) is 0.926. The van der Waals surface area contributed by atoms with Gasteiger partial charge in [-0.3, -0.25) is 0 Å². The van der Waals surface area contributed by atoms with Gasteiger partial charge in [0.2, 0.25) is 0 Å². The second-order valence-corrected chi connectivity index (χ2v) is 6.20. The zero-order chi connectivity index (χ0) is 12.5. The number of rotatable bonds is 3. The molecule has 0 fully saturated rings. The Hall–Kier alpha value is -0.710. The van der Waals surface area contributed by atoms with Crippen LogP contribution in [0.5, 0.6) is 0 Å². The highest BCUT2D eigenvalue weighted by Crippen LogP contribution is 2.29. The average Bonchev–Trinajstić information content (AvgIpc) is 2.79. The molecule has 0 bridgehead atoms. The van der Waals surface area contributed by atoms with Crippen LogP contribution in [0.4, 0.5) is 0 Å². The van der Waals surface area contributed by atoms with Gasteiger partial charge in [0.05, 0.1) is 11.2 Å². The Labute approximate surface area is 114 Å². The molecule has 1 heterocycles. The standard InChI is InChI=1S/C13H15BrN2S/c1-13(2,15-3)12-16-11(8-17-12)9-5-4-6-10(14)7-9/h4-8,15H,1-3H3. The predicted molar refractivity (Wildman–Crippen MR) is 77.3 cm³/mol. The van der Waals surface area contributed by atoms with Gasteiger partial charge in [-0.2, -0.15) is 0 Å². The van der Waals surface area contributed by atoms with E-state index in [0.717, 1.165) is 20.7 Å². The molecule has 2 nitrogen and oxygen atoms in total. The topological polar surface area (TPSA) is 24.9 Å². The first-order chi connectivity index (χ1) is 8.03. The summed E-state index contributed by atoms with van der Waals surface area (Å²) >= 11 is 5.18. The highest BCUT2D eigenvalue weighted by molar-refractivity contribution is 9.10. The number of aromatic nitrogens is 1. The van der Waals surface area contributed by atoms with Gasteiger partial charge in [-0.15, -0.1) is 11.3 Å². The molecule has 17 heavy (non-hydrogen) atoms. The summed E-state index contributed by atoms with van der Waals surface area (Å²) in [5.41, 5.74) is 2.11. The van der Waals surface area contributed by atoms with Crippen molar-refractivity contribution >= 4 is 27.3 Å². The lowest BCUT2D eigenvalue weighted by atomic mass is 10.1. The van der Waals surface area contributed by atoms with Gasteiger partial charge in [0, 0.05) is 15.4 Å². The largest absolute Gasteiger partial charge is 0.309 e. The SMILES string of the molecule is CNC(C)(C)c1nc(-c2cccc(Br)c2)cs1. The summed E-state index contributed by atoms with van der Waals surface area (Å²) in [6.45, 7) is 4.27. The third kappa shape index (κ3) is 2.76. The van der Waals surface area contributed by atoms with Gasteiger partial charge in [0.1, 0.15) is 5.01 Å². The molecule has 1 aromatic carbocycles. The fraction of sp³-hybridized carbons (Fsp3) is 0.308. The molecule has 0 aliphatic rings. The van der Waals surface area contributed by atoms with E-state index in [1.165, 1.54) is 0 Å². The smallest absolute Gasteiger partial charge is 0.113 e. The van der Waals surface area contributed by atoms with Crippen LogP contribution in [-0.2, 0) is 5.54 Å². The Morgan fingerprint density at radius 3 is 2.76 bits per heavy atom. The monoisotopic (exact) mass is 310 g/mol. The molecule has 90 valence electrons. The number of hydrogen-bond donors (Lipinski definition) is 1. The molecular formula is C13H15BrN2S. The molecule has 4 heteroatoms. The molecule has 0 spiro atoms. The van der Waals surface area contributed by atoms with Crippen molar-refractivity contribution in [1.29, 1.82) is 0 Å². The fourth-order valence-electron chi connectivity index (χ4n) is 1.45. The predicted octanol–water partition coefficient (Wildman–Crippen LogP) is 4.03. The number of hydrogen-bond acceptors (Lipinski definition) is 3. The van der Waals surface area contributed by atoms with E-state index in [0.29, 0.717) is 0 Å². The van der Waals surface area contributed by atoms with Crippen molar-refractivity contribution in [3.8, 4) is 11.3 Å². The maximum atomic E-state index is 4.70. The van der Waals surface area contributed by atoms with Crippen molar-refractivity contribution in [2.24, 2.45) is 0 Å². The van der Waals surface area contributed by atoms with E-state index in [4.69, 9.17) is 4.98 Å². The van der Waals surface area contributed by atoms with E-state index in [1.54, 1.807) is 11.3 Å². The van der Waals surface area contributed by atoms with E-state index in [9.17, 15) is 0 Å². The number of benzene rings is 1. The number of nitrogens with zero attached hydrogens (tertiary/aromatic N) is 1. The molecule has 0 amide bonds. The Bertz CT molecular complexity index is 520. The van der Waals surface area contributed by atoms with Gasteiger partial charge in [-0.05, 0) is 33.0 Å². The molecule has 1 N–H and O–H groups in total.